The van der Waals surface area contributed by atoms with Crippen LogP contribution in [0.25, 0.3) is 11.4 Å². The van der Waals surface area contributed by atoms with E-state index >= 15 is 0 Å². The zero-order valence-electron chi connectivity index (χ0n) is 15.6. The number of aryl methyl sites for hydroxylation is 1. The van der Waals surface area contributed by atoms with Crippen molar-refractivity contribution < 1.29 is 9.53 Å². The summed E-state index contributed by atoms with van der Waals surface area (Å²) in [5.74, 6) is 1.35. The lowest BCUT2D eigenvalue weighted by Crippen LogP contribution is -2.30. The molecule has 2 aromatic carbocycles. The minimum Gasteiger partial charge on any atom is -0.494 e. The molecule has 0 saturated carbocycles. The van der Waals surface area contributed by atoms with Gasteiger partial charge in [0.25, 0.3) is 0 Å². The van der Waals surface area contributed by atoms with E-state index in [1.165, 1.54) is 11.1 Å². The van der Waals surface area contributed by atoms with Crippen molar-refractivity contribution in [2.45, 2.75) is 32.4 Å². The Labute approximate surface area is 168 Å². The molecule has 1 aliphatic rings. The molecule has 1 heterocycles. The van der Waals surface area contributed by atoms with Crippen LogP contribution < -0.4 is 10.1 Å². The number of hydrogen-bond acceptors (Lipinski definition) is 4. The number of carbonyl (C=O) groups is 1. The first kappa shape index (κ1) is 18.4. The van der Waals surface area contributed by atoms with Crippen LogP contribution in [0.1, 0.15) is 30.5 Å². The Balaban J connectivity index is 1.50. The summed E-state index contributed by atoms with van der Waals surface area (Å²) in [5, 5.41) is 10.2. The number of aromatic nitrogens is 3. The van der Waals surface area contributed by atoms with E-state index in [-0.39, 0.29) is 18.5 Å². The molecule has 2 N–H and O–H groups in total. The Morgan fingerprint density at radius 3 is 2.86 bits per heavy atom. The molecule has 28 heavy (non-hydrogen) atoms. The second kappa shape index (κ2) is 7.98. The number of ether oxygens (including phenoxy) is 1. The molecule has 1 amide bonds. The Morgan fingerprint density at radius 1 is 1.29 bits per heavy atom. The highest BCUT2D eigenvalue weighted by molar-refractivity contribution is 7.71. The molecule has 0 bridgehead atoms. The van der Waals surface area contributed by atoms with Crippen molar-refractivity contribution in [1.82, 2.24) is 20.1 Å². The Kier molecular flexibility index (Phi) is 5.25. The second-order valence-electron chi connectivity index (χ2n) is 6.75. The quantitative estimate of drug-likeness (QED) is 0.624. The molecule has 0 fully saturated rings. The van der Waals surface area contributed by atoms with Crippen LogP contribution in [-0.2, 0) is 17.8 Å². The van der Waals surface area contributed by atoms with E-state index in [9.17, 15) is 4.79 Å². The standard InChI is InChI=1S/C21H22N4O2S/c1-2-27-16-10-7-15(8-11-16)20-23-24-21(28)25(20)13-19(26)22-18-12-9-14-5-3-4-6-17(14)18/h3-8,10-11,18H,2,9,12-13H2,1H3,(H,22,26)(H,24,28). The summed E-state index contributed by atoms with van der Waals surface area (Å²) in [5.41, 5.74) is 3.39. The van der Waals surface area contributed by atoms with Gasteiger partial charge in [-0.3, -0.25) is 14.5 Å². The van der Waals surface area contributed by atoms with E-state index in [0.717, 1.165) is 24.2 Å². The molecule has 7 heteroatoms. The zero-order chi connectivity index (χ0) is 19.5. The first-order chi connectivity index (χ1) is 13.7. The lowest BCUT2D eigenvalue weighted by atomic mass is 10.1. The lowest BCUT2D eigenvalue weighted by Gasteiger charge is -2.15. The predicted octanol–water partition coefficient (Wildman–Crippen LogP) is 3.81. The Hall–Kier alpha value is -2.93. The molecule has 4 rings (SSSR count). The van der Waals surface area contributed by atoms with Crippen LogP contribution in [0.15, 0.2) is 48.5 Å². The number of amides is 1. The third-order valence-electron chi connectivity index (χ3n) is 4.95. The number of benzene rings is 2. The molecule has 144 valence electrons. The fourth-order valence-corrected chi connectivity index (χ4v) is 3.84. The van der Waals surface area contributed by atoms with Crippen LogP contribution in [-0.4, -0.2) is 27.3 Å². The maximum absolute atomic E-state index is 12.7. The van der Waals surface area contributed by atoms with Crippen LogP contribution in [0.5, 0.6) is 5.75 Å². The van der Waals surface area contributed by atoms with Crippen molar-refractivity contribution in [3.05, 3.63) is 64.4 Å². The molecule has 3 aromatic rings. The Bertz CT molecular complexity index is 1040. The van der Waals surface area contributed by atoms with Crippen molar-refractivity contribution in [3.63, 3.8) is 0 Å². The molecule has 1 atom stereocenters. The average molecular weight is 395 g/mol. The van der Waals surface area contributed by atoms with Gasteiger partial charge in [-0.15, -0.1) is 0 Å². The molecule has 0 aliphatic heterocycles. The minimum absolute atomic E-state index is 0.0544. The van der Waals surface area contributed by atoms with Gasteiger partial charge in [0.15, 0.2) is 10.6 Å². The highest BCUT2D eigenvalue weighted by atomic mass is 32.1. The van der Waals surface area contributed by atoms with E-state index in [2.05, 4.69) is 27.6 Å². The summed E-state index contributed by atoms with van der Waals surface area (Å²) in [4.78, 5) is 12.7. The molecule has 0 radical (unpaired) electrons. The van der Waals surface area contributed by atoms with Gasteiger partial charge in [0, 0.05) is 5.56 Å². The topological polar surface area (TPSA) is 71.9 Å². The molecule has 6 nitrogen and oxygen atoms in total. The van der Waals surface area contributed by atoms with Crippen LogP contribution in [0.3, 0.4) is 0 Å². The first-order valence-corrected chi connectivity index (χ1v) is 9.82. The molecular formula is C21H22N4O2S. The van der Waals surface area contributed by atoms with Crippen molar-refractivity contribution in [1.29, 1.82) is 0 Å². The van der Waals surface area contributed by atoms with Gasteiger partial charge in [0.1, 0.15) is 12.3 Å². The fraction of sp³-hybridized carbons (Fsp3) is 0.286. The lowest BCUT2D eigenvalue weighted by molar-refractivity contribution is -0.122. The maximum Gasteiger partial charge on any atom is 0.240 e. The molecule has 1 aromatic heterocycles. The van der Waals surface area contributed by atoms with E-state index in [1.54, 1.807) is 4.57 Å². The van der Waals surface area contributed by atoms with E-state index in [0.29, 0.717) is 17.2 Å². The molecule has 1 aliphatic carbocycles. The van der Waals surface area contributed by atoms with E-state index in [1.807, 2.05) is 43.3 Å². The average Bonchev–Trinajstić information content (AvgIpc) is 3.27. The van der Waals surface area contributed by atoms with E-state index < -0.39 is 0 Å². The summed E-state index contributed by atoms with van der Waals surface area (Å²) in [6.45, 7) is 2.68. The van der Waals surface area contributed by atoms with Crippen molar-refractivity contribution in [2.24, 2.45) is 0 Å². The largest absolute Gasteiger partial charge is 0.494 e. The zero-order valence-corrected chi connectivity index (χ0v) is 16.5. The monoisotopic (exact) mass is 394 g/mol. The SMILES string of the molecule is CCOc1ccc(-c2n[nH]c(=S)n2CC(=O)NC2CCc3ccccc32)cc1. The van der Waals surface area contributed by atoms with Gasteiger partial charge < -0.3 is 10.1 Å². The van der Waals surface area contributed by atoms with Crippen LogP contribution in [0, 0.1) is 4.77 Å². The molecule has 0 spiro atoms. The van der Waals surface area contributed by atoms with Gasteiger partial charge in [-0.2, -0.15) is 5.10 Å². The van der Waals surface area contributed by atoms with Crippen LogP contribution in [0.2, 0.25) is 0 Å². The van der Waals surface area contributed by atoms with Gasteiger partial charge in [0.2, 0.25) is 5.91 Å². The van der Waals surface area contributed by atoms with Crippen molar-refractivity contribution in [3.8, 4) is 17.1 Å². The summed E-state index contributed by atoms with van der Waals surface area (Å²) < 4.78 is 7.63. The Morgan fingerprint density at radius 2 is 2.07 bits per heavy atom. The number of carbonyl (C=O) groups excluding carboxylic acids is 1. The molecule has 0 saturated heterocycles. The smallest absolute Gasteiger partial charge is 0.240 e. The van der Waals surface area contributed by atoms with Gasteiger partial charge in [0.05, 0.1) is 12.6 Å². The van der Waals surface area contributed by atoms with Gasteiger partial charge >= 0.3 is 0 Å². The van der Waals surface area contributed by atoms with Crippen LogP contribution >= 0.6 is 12.2 Å². The highest BCUT2D eigenvalue weighted by Gasteiger charge is 2.24. The first-order valence-electron chi connectivity index (χ1n) is 9.41. The minimum atomic E-state index is -0.0774. The fourth-order valence-electron chi connectivity index (χ4n) is 3.64. The molecular weight excluding hydrogens is 372 g/mol. The van der Waals surface area contributed by atoms with Crippen molar-refractivity contribution in [2.75, 3.05) is 6.61 Å². The van der Waals surface area contributed by atoms with Gasteiger partial charge in [-0.25, -0.2) is 0 Å². The third kappa shape index (κ3) is 3.71. The van der Waals surface area contributed by atoms with Crippen LogP contribution in [0.4, 0.5) is 0 Å². The summed E-state index contributed by atoms with van der Waals surface area (Å²) in [6, 6.07) is 15.9. The second-order valence-corrected chi connectivity index (χ2v) is 7.14. The number of fused-ring (bicyclic) bond motifs is 1. The number of nitrogens with zero attached hydrogens (tertiary/aromatic N) is 2. The summed E-state index contributed by atoms with van der Waals surface area (Å²) >= 11 is 5.34. The number of nitrogens with one attached hydrogen (secondary N) is 2. The summed E-state index contributed by atoms with van der Waals surface area (Å²) in [7, 11) is 0. The normalized spacial score (nSPS) is 15.2. The number of H-pyrrole nitrogens is 1. The summed E-state index contributed by atoms with van der Waals surface area (Å²) in [6.07, 6.45) is 1.91. The number of rotatable bonds is 6. The third-order valence-corrected chi connectivity index (χ3v) is 5.26. The highest BCUT2D eigenvalue weighted by Crippen LogP contribution is 2.30. The maximum atomic E-state index is 12.7. The van der Waals surface area contributed by atoms with E-state index in [4.69, 9.17) is 17.0 Å². The van der Waals surface area contributed by atoms with Crippen molar-refractivity contribution >= 4 is 18.1 Å². The predicted molar refractivity (Wildman–Crippen MR) is 110 cm³/mol. The number of aromatic amines is 1. The molecule has 1 unspecified atom stereocenters. The van der Waals surface area contributed by atoms with Gasteiger partial charge in [-0.1, -0.05) is 24.3 Å². The number of hydrogen-bond donors (Lipinski definition) is 2. The van der Waals surface area contributed by atoms with Gasteiger partial charge in [-0.05, 0) is 67.4 Å².